The maximum Gasteiger partial charge on any atom is 0.407 e. The number of amides is 1. The molecule has 0 saturated carbocycles. The number of rotatable bonds is 4. The number of nitro groups is 1. The van der Waals surface area contributed by atoms with Crippen molar-refractivity contribution >= 4 is 17.5 Å². The molecule has 0 unspecified atom stereocenters. The van der Waals surface area contributed by atoms with E-state index in [1.165, 1.54) is 18.2 Å². The van der Waals surface area contributed by atoms with Crippen molar-refractivity contribution < 1.29 is 14.5 Å². The third-order valence-electron chi connectivity index (χ3n) is 5.11. The summed E-state index contributed by atoms with van der Waals surface area (Å²) in [5.74, 6) is 5.36. The van der Waals surface area contributed by atoms with Crippen LogP contribution in [0.25, 0.3) is 11.1 Å². The van der Waals surface area contributed by atoms with E-state index in [2.05, 4.69) is 29.3 Å². The number of nitrogens with zero attached hydrogens (tertiary/aromatic N) is 1. The Morgan fingerprint density at radius 1 is 1.06 bits per heavy atom. The minimum absolute atomic E-state index is 0.00178. The predicted octanol–water partition coefficient (Wildman–Crippen LogP) is 4.07. The van der Waals surface area contributed by atoms with Gasteiger partial charge in [-0.2, -0.15) is 0 Å². The summed E-state index contributed by atoms with van der Waals surface area (Å²) < 4.78 is 5.43. The maximum atomic E-state index is 12.1. The lowest BCUT2D eigenvalue weighted by atomic mass is 9.98. The van der Waals surface area contributed by atoms with Crippen molar-refractivity contribution in [1.82, 2.24) is 5.32 Å². The molecule has 0 saturated heterocycles. The van der Waals surface area contributed by atoms with Gasteiger partial charge in [0.05, 0.1) is 11.5 Å². The Balaban J connectivity index is 1.37. The molecule has 7 heteroatoms. The fourth-order valence-electron chi connectivity index (χ4n) is 3.71. The van der Waals surface area contributed by atoms with E-state index in [0.29, 0.717) is 0 Å². The van der Waals surface area contributed by atoms with Crippen LogP contribution in [0.4, 0.5) is 16.2 Å². The minimum atomic E-state index is -0.594. The molecule has 3 aromatic rings. The molecule has 3 aromatic carbocycles. The van der Waals surface area contributed by atoms with E-state index in [9.17, 15) is 14.9 Å². The van der Waals surface area contributed by atoms with Gasteiger partial charge in [-0.15, -0.1) is 0 Å². The average Bonchev–Trinajstić information content (AvgIpc) is 3.10. The Kier molecular flexibility index (Phi) is 5.54. The number of hydrogen-bond acceptors (Lipinski definition) is 5. The summed E-state index contributed by atoms with van der Waals surface area (Å²) in [5.41, 5.74) is 10.5. The molecule has 3 N–H and O–H groups in total. The molecule has 0 radical (unpaired) electrons. The third-order valence-corrected chi connectivity index (χ3v) is 5.11. The molecule has 154 valence electrons. The number of nitrogens with two attached hydrogens (primary N) is 1. The number of carbonyl (C=O) groups excluding carboxylic acids is 1. The number of ether oxygens (including phenoxy) is 1. The van der Waals surface area contributed by atoms with Crippen LogP contribution in [0.3, 0.4) is 0 Å². The first-order chi connectivity index (χ1) is 15.0. The quantitative estimate of drug-likeness (QED) is 0.290. The van der Waals surface area contributed by atoms with Crippen molar-refractivity contribution in [2.24, 2.45) is 0 Å². The van der Waals surface area contributed by atoms with Crippen LogP contribution < -0.4 is 11.1 Å². The van der Waals surface area contributed by atoms with Crippen molar-refractivity contribution in [2.45, 2.75) is 5.92 Å². The van der Waals surface area contributed by atoms with Crippen LogP contribution in [0.1, 0.15) is 22.6 Å². The number of anilines is 1. The smallest absolute Gasteiger partial charge is 0.407 e. The van der Waals surface area contributed by atoms with E-state index in [1.807, 2.05) is 36.4 Å². The number of carbonyl (C=O) groups is 1. The number of nitro benzene ring substituents is 1. The van der Waals surface area contributed by atoms with E-state index < -0.39 is 11.0 Å². The molecule has 0 fully saturated rings. The molecule has 31 heavy (non-hydrogen) atoms. The van der Waals surface area contributed by atoms with Crippen molar-refractivity contribution in [1.29, 1.82) is 0 Å². The SMILES string of the molecule is Nc1ccc(C#CCNC(=O)OCC2c3ccccc3-c3ccccc32)c([N+](=O)[O-])c1. The lowest BCUT2D eigenvalue weighted by molar-refractivity contribution is -0.385. The van der Waals surface area contributed by atoms with E-state index in [1.54, 1.807) is 0 Å². The van der Waals surface area contributed by atoms with Crippen molar-refractivity contribution in [3.8, 4) is 23.0 Å². The molecular formula is C24H19N3O4. The highest BCUT2D eigenvalue weighted by Gasteiger charge is 2.28. The fraction of sp³-hybridized carbons (Fsp3) is 0.125. The molecular weight excluding hydrogens is 394 g/mol. The first-order valence-corrected chi connectivity index (χ1v) is 9.66. The van der Waals surface area contributed by atoms with Crippen LogP contribution in [-0.2, 0) is 4.74 Å². The van der Waals surface area contributed by atoms with E-state index in [0.717, 1.165) is 22.3 Å². The van der Waals surface area contributed by atoms with Crippen molar-refractivity contribution in [2.75, 3.05) is 18.9 Å². The summed E-state index contributed by atoms with van der Waals surface area (Å²) in [4.78, 5) is 22.7. The summed E-state index contributed by atoms with van der Waals surface area (Å²) in [6.07, 6.45) is -0.594. The molecule has 0 aliphatic heterocycles. The maximum absolute atomic E-state index is 12.1. The standard InChI is InChI=1S/C24H19N3O4/c25-17-12-11-16(23(14-17)27(29)30)6-5-13-26-24(28)31-15-22-20-9-3-1-7-18(20)19-8-2-4-10-21(19)22/h1-4,7-12,14,22H,13,15,25H2,(H,26,28). The van der Waals surface area contributed by atoms with E-state index >= 15 is 0 Å². The van der Waals surface area contributed by atoms with Gasteiger partial charge in [0.2, 0.25) is 0 Å². The molecule has 1 aliphatic rings. The molecule has 0 spiro atoms. The molecule has 1 amide bonds. The highest BCUT2D eigenvalue weighted by molar-refractivity contribution is 5.79. The summed E-state index contributed by atoms with van der Waals surface area (Å²) in [6, 6.07) is 20.4. The third kappa shape index (κ3) is 4.19. The second kappa shape index (κ2) is 8.59. The van der Waals surface area contributed by atoms with Gasteiger partial charge in [0, 0.05) is 17.7 Å². The Labute approximate surface area is 179 Å². The second-order valence-corrected chi connectivity index (χ2v) is 7.01. The zero-order valence-electron chi connectivity index (χ0n) is 16.5. The van der Waals surface area contributed by atoms with Gasteiger partial charge in [-0.3, -0.25) is 10.1 Å². The van der Waals surface area contributed by atoms with Gasteiger partial charge < -0.3 is 15.8 Å². The average molecular weight is 413 g/mol. The van der Waals surface area contributed by atoms with Crippen LogP contribution in [0.5, 0.6) is 0 Å². The van der Waals surface area contributed by atoms with E-state index in [-0.39, 0.29) is 36.0 Å². The Hall–Kier alpha value is -4.31. The van der Waals surface area contributed by atoms with Gasteiger partial charge in [0.1, 0.15) is 12.2 Å². The number of hydrogen-bond donors (Lipinski definition) is 2. The normalized spacial score (nSPS) is 11.6. The van der Waals surface area contributed by atoms with Gasteiger partial charge in [0.15, 0.2) is 0 Å². The number of benzene rings is 3. The zero-order chi connectivity index (χ0) is 21.8. The molecule has 7 nitrogen and oxygen atoms in total. The summed E-state index contributed by atoms with van der Waals surface area (Å²) in [5, 5.41) is 13.6. The summed E-state index contributed by atoms with van der Waals surface area (Å²) in [7, 11) is 0. The molecule has 0 bridgehead atoms. The number of nitrogens with one attached hydrogen (secondary N) is 1. The van der Waals surface area contributed by atoms with Crippen LogP contribution in [0.15, 0.2) is 66.7 Å². The molecule has 0 atom stereocenters. The number of fused-ring (bicyclic) bond motifs is 3. The molecule has 1 aliphatic carbocycles. The predicted molar refractivity (Wildman–Crippen MR) is 117 cm³/mol. The fourth-order valence-corrected chi connectivity index (χ4v) is 3.71. The van der Waals surface area contributed by atoms with Crippen LogP contribution >= 0.6 is 0 Å². The highest BCUT2D eigenvalue weighted by atomic mass is 16.6. The highest BCUT2D eigenvalue weighted by Crippen LogP contribution is 2.44. The first-order valence-electron chi connectivity index (χ1n) is 9.66. The minimum Gasteiger partial charge on any atom is -0.449 e. The molecule has 0 aromatic heterocycles. The van der Waals surface area contributed by atoms with Gasteiger partial charge in [-0.25, -0.2) is 4.79 Å². The van der Waals surface area contributed by atoms with Gasteiger partial charge in [0.25, 0.3) is 5.69 Å². The monoisotopic (exact) mass is 413 g/mol. The van der Waals surface area contributed by atoms with Crippen LogP contribution in [-0.4, -0.2) is 24.2 Å². The Morgan fingerprint density at radius 2 is 1.71 bits per heavy atom. The lowest BCUT2D eigenvalue weighted by Gasteiger charge is -2.14. The number of nitrogen functional groups attached to an aromatic ring is 1. The molecule has 4 rings (SSSR count). The van der Waals surface area contributed by atoms with E-state index in [4.69, 9.17) is 10.5 Å². The van der Waals surface area contributed by atoms with Crippen LogP contribution in [0, 0.1) is 22.0 Å². The number of alkyl carbamates (subject to hydrolysis) is 1. The summed E-state index contributed by atoms with van der Waals surface area (Å²) >= 11 is 0. The lowest BCUT2D eigenvalue weighted by Crippen LogP contribution is -2.26. The summed E-state index contributed by atoms with van der Waals surface area (Å²) in [6.45, 7) is 0.203. The topological polar surface area (TPSA) is 107 Å². The Bertz CT molecular complexity index is 1180. The van der Waals surface area contributed by atoms with Gasteiger partial charge in [-0.1, -0.05) is 60.4 Å². The van der Waals surface area contributed by atoms with Crippen molar-refractivity contribution in [3.63, 3.8) is 0 Å². The van der Waals surface area contributed by atoms with Gasteiger partial charge >= 0.3 is 6.09 Å². The first kappa shape index (κ1) is 20.0. The molecule has 0 heterocycles. The zero-order valence-corrected chi connectivity index (χ0v) is 16.5. The van der Waals surface area contributed by atoms with Crippen LogP contribution in [0.2, 0.25) is 0 Å². The largest absolute Gasteiger partial charge is 0.449 e. The Morgan fingerprint density at radius 3 is 2.35 bits per heavy atom. The van der Waals surface area contributed by atoms with Crippen molar-refractivity contribution in [3.05, 3.63) is 93.5 Å². The second-order valence-electron chi connectivity index (χ2n) is 7.01. The van der Waals surface area contributed by atoms with Gasteiger partial charge in [-0.05, 0) is 34.4 Å².